The van der Waals surface area contributed by atoms with Crippen LogP contribution in [0.25, 0.3) is 0 Å². The molecule has 1 aromatic rings. The topological polar surface area (TPSA) is 77.5 Å². The highest BCUT2D eigenvalue weighted by Crippen LogP contribution is 2.23. The van der Waals surface area contributed by atoms with Crippen LogP contribution >= 0.6 is 0 Å². The van der Waals surface area contributed by atoms with Gasteiger partial charge in [-0.3, -0.25) is 0 Å². The molecular formula is C15H22N2O4. The monoisotopic (exact) mass is 294 g/mol. The number of carbonyl (C=O) groups is 2. The van der Waals surface area contributed by atoms with E-state index in [1.54, 1.807) is 33.8 Å². The largest absolute Gasteiger partial charge is 0.481 e. The molecule has 0 saturated heterocycles. The average Bonchev–Trinajstić information content (AvgIpc) is 2.36. The van der Waals surface area contributed by atoms with Crippen molar-refractivity contribution in [2.45, 2.75) is 45.8 Å². The van der Waals surface area contributed by atoms with Crippen LogP contribution in [-0.2, 0) is 15.1 Å². The minimum Gasteiger partial charge on any atom is -0.481 e. The van der Waals surface area contributed by atoms with Gasteiger partial charge in [-0.2, -0.15) is 0 Å². The van der Waals surface area contributed by atoms with E-state index >= 15 is 0 Å². The molecule has 6 heteroatoms. The van der Waals surface area contributed by atoms with Crippen molar-refractivity contribution in [1.29, 1.82) is 0 Å². The Morgan fingerprint density at radius 1 is 1.33 bits per heavy atom. The van der Waals surface area contributed by atoms with E-state index in [0.29, 0.717) is 17.7 Å². The Hall–Kier alpha value is -2.11. The second-order valence-corrected chi connectivity index (χ2v) is 6.00. The zero-order valence-corrected chi connectivity index (χ0v) is 13.3. The van der Waals surface area contributed by atoms with Gasteiger partial charge in [-0.15, -0.1) is 0 Å². The summed E-state index contributed by atoms with van der Waals surface area (Å²) in [6.45, 7) is 8.67. The predicted molar refractivity (Wildman–Crippen MR) is 78.3 cm³/mol. The van der Waals surface area contributed by atoms with Crippen molar-refractivity contribution < 1.29 is 19.1 Å². The number of methoxy groups -OCH3 is 1. The van der Waals surface area contributed by atoms with E-state index in [2.05, 4.69) is 10.3 Å². The van der Waals surface area contributed by atoms with Gasteiger partial charge in [-0.1, -0.05) is 0 Å². The normalized spacial score (nSPS) is 14.0. The number of hydrogen-bond donors (Lipinski definition) is 1. The van der Waals surface area contributed by atoms with E-state index in [1.807, 2.05) is 6.92 Å². The van der Waals surface area contributed by atoms with Crippen molar-refractivity contribution in [2.75, 3.05) is 7.11 Å². The van der Waals surface area contributed by atoms with Gasteiger partial charge in [0.15, 0.2) is 0 Å². The number of nitrogens with zero attached hydrogens (tertiary/aromatic N) is 1. The Balaban J connectivity index is 3.02. The molecule has 0 aromatic carbocycles. The minimum atomic E-state index is -1.22. The van der Waals surface area contributed by atoms with Crippen LogP contribution in [0, 0.1) is 6.92 Å². The number of ether oxygens (including phenoxy) is 2. The van der Waals surface area contributed by atoms with Crippen molar-refractivity contribution in [3.05, 3.63) is 23.4 Å². The third kappa shape index (κ3) is 4.44. The second kappa shape index (κ2) is 6.11. The lowest BCUT2D eigenvalue weighted by molar-refractivity contribution is -0.113. The highest BCUT2D eigenvalue weighted by molar-refractivity contribution is 5.77. The van der Waals surface area contributed by atoms with E-state index in [-0.39, 0.29) is 0 Å². The standard InChI is InChI=1S/C15H22N2O4/c1-10-7-11(8-16-12(10)20-6)15(5,9-18)17-13(19)21-14(2,3)4/h7-9H,1-6H3,(H,17,19). The van der Waals surface area contributed by atoms with Gasteiger partial charge in [0.1, 0.15) is 17.4 Å². The summed E-state index contributed by atoms with van der Waals surface area (Å²) >= 11 is 0. The third-order valence-electron chi connectivity index (χ3n) is 2.82. The number of aromatic nitrogens is 1. The molecule has 0 spiro atoms. The Morgan fingerprint density at radius 3 is 2.38 bits per heavy atom. The first-order chi connectivity index (χ1) is 9.61. The number of alkyl carbamates (subject to hydrolysis) is 1. The molecule has 0 radical (unpaired) electrons. The first kappa shape index (κ1) is 16.9. The quantitative estimate of drug-likeness (QED) is 0.862. The van der Waals surface area contributed by atoms with Crippen LogP contribution in [0.15, 0.2) is 12.3 Å². The molecule has 0 aliphatic rings. The predicted octanol–water partition coefficient (Wildman–Crippen LogP) is 2.34. The second-order valence-electron chi connectivity index (χ2n) is 6.00. The third-order valence-corrected chi connectivity index (χ3v) is 2.82. The molecule has 0 bridgehead atoms. The summed E-state index contributed by atoms with van der Waals surface area (Å²) in [4.78, 5) is 27.5. The summed E-state index contributed by atoms with van der Waals surface area (Å²) in [5.41, 5.74) is -0.523. The van der Waals surface area contributed by atoms with E-state index < -0.39 is 17.2 Å². The maximum atomic E-state index is 11.9. The average molecular weight is 294 g/mol. The molecule has 0 aliphatic carbocycles. The lowest BCUT2D eigenvalue weighted by atomic mass is 9.94. The molecule has 116 valence electrons. The Bertz CT molecular complexity index is 537. The number of nitrogens with one attached hydrogen (secondary N) is 1. The summed E-state index contributed by atoms with van der Waals surface area (Å²) in [6, 6.07) is 1.75. The molecule has 0 fully saturated rings. The highest BCUT2D eigenvalue weighted by Gasteiger charge is 2.31. The zero-order valence-electron chi connectivity index (χ0n) is 13.3. The highest BCUT2D eigenvalue weighted by atomic mass is 16.6. The zero-order chi connectivity index (χ0) is 16.3. The lowest BCUT2D eigenvalue weighted by Gasteiger charge is -2.28. The van der Waals surface area contributed by atoms with Crippen LogP contribution in [0.4, 0.5) is 4.79 Å². The summed E-state index contributed by atoms with van der Waals surface area (Å²) in [7, 11) is 1.52. The lowest BCUT2D eigenvalue weighted by Crippen LogP contribution is -2.47. The first-order valence-corrected chi connectivity index (χ1v) is 6.60. The number of aldehydes is 1. The van der Waals surface area contributed by atoms with E-state index in [9.17, 15) is 9.59 Å². The number of hydrogen-bond acceptors (Lipinski definition) is 5. The summed E-state index contributed by atoms with van der Waals surface area (Å²) < 4.78 is 10.3. The van der Waals surface area contributed by atoms with Gasteiger partial charge in [0.2, 0.25) is 5.88 Å². The molecular weight excluding hydrogens is 272 g/mol. The van der Waals surface area contributed by atoms with Gasteiger partial charge in [0, 0.05) is 17.3 Å². The number of aryl methyl sites for hydroxylation is 1. The van der Waals surface area contributed by atoms with Crippen LogP contribution in [0.2, 0.25) is 0 Å². The summed E-state index contributed by atoms with van der Waals surface area (Å²) in [5.74, 6) is 0.476. The Labute approximate surface area is 124 Å². The van der Waals surface area contributed by atoms with Crippen LogP contribution < -0.4 is 10.1 Å². The van der Waals surface area contributed by atoms with Crippen molar-refractivity contribution >= 4 is 12.4 Å². The molecule has 1 heterocycles. The molecule has 6 nitrogen and oxygen atoms in total. The molecule has 0 saturated carbocycles. The van der Waals surface area contributed by atoms with Crippen molar-refractivity contribution in [3.63, 3.8) is 0 Å². The summed E-state index contributed by atoms with van der Waals surface area (Å²) in [6.07, 6.45) is 1.49. The maximum absolute atomic E-state index is 11.9. The smallest absolute Gasteiger partial charge is 0.408 e. The number of pyridine rings is 1. The van der Waals surface area contributed by atoms with Gasteiger partial charge in [-0.05, 0) is 40.7 Å². The van der Waals surface area contributed by atoms with Crippen molar-refractivity contribution in [3.8, 4) is 5.88 Å². The van der Waals surface area contributed by atoms with E-state index in [0.717, 1.165) is 5.56 Å². The van der Waals surface area contributed by atoms with Crippen LogP contribution in [0.1, 0.15) is 38.8 Å². The number of amides is 1. The van der Waals surface area contributed by atoms with Gasteiger partial charge in [-0.25, -0.2) is 9.78 Å². The van der Waals surface area contributed by atoms with Gasteiger partial charge >= 0.3 is 6.09 Å². The van der Waals surface area contributed by atoms with Crippen LogP contribution in [0.5, 0.6) is 5.88 Å². The fraction of sp³-hybridized carbons (Fsp3) is 0.533. The molecule has 21 heavy (non-hydrogen) atoms. The number of rotatable bonds is 4. The van der Waals surface area contributed by atoms with Crippen molar-refractivity contribution in [1.82, 2.24) is 10.3 Å². The molecule has 1 unspecified atom stereocenters. The molecule has 1 rings (SSSR count). The van der Waals surface area contributed by atoms with Gasteiger partial charge < -0.3 is 19.6 Å². The SMILES string of the molecule is COc1ncc(C(C)(C=O)NC(=O)OC(C)(C)C)cc1C. The maximum Gasteiger partial charge on any atom is 0.408 e. The Morgan fingerprint density at radius 2 is 1.95 bits per heavy atom. The first-order valence-electron chi connectivity index (χ1n) is 6.60. The summed E-state index contributed by atoms with van der Waals surface area (Å²) in [5, 5.41) is 2.57. The minimum absolute atomic E-state index is 0.476. The Kier molecular flexibility index (Phi) is 4.93. The molecule has 1 atom stereocenters. The fourth-order valence-electron chi connectivity index (χ4n) is 1.75. The van der Waals surface area contributed by atoms with E-state index in [4.69, 9.17) is 9.47 Å². The molecule has 1 amide bonds. The fourth-order valence-corrected chi connectivity index (χ4v) is 1.75. The van der Waals surface area contributed by atoms with Crippen molar-refractivity contribution in [2.24, 2.45) is 0 Å². The van der Waals surface area contributed by atoms with Gasteiger partial charge in [0.25, 0.3) is 0 Å². The van der Waals surface area contributed by atoms with E-state index in [1.165, 1.54) is 13.3 Å². The number of carbonyl (C=O) groups excluding carboxylic acids is 2. The molecule has 1 N–H and O–H groups in total. The molecule has 1 aromatic heterocycles. The van der Waals surface area contributed by atoms with Gasteiger partial charge in [0.05, 0.1) is 7.11 Å². The molecule has 0 aliphatic heterocycles. The van der Waals surface area contributed by atoms with Crippen LogP contribution in [0.3, 0.4) is 0 Å². The van der Waals surface area contributed by atoms with Crippen LogP contribution in [-0.4, -0.2) is 30.1 Å².